The van der Waals surface area contributed by atoms with Crippen molar-refractivity contribution in [3.8, 4) is 0 Å². The number of ether oxygens (including phenoxy) is 1. The van der Waals surface area contributed by atoms with Gasteiger partial charge in [-0.05, 0) is 62.7 Å². The fourth-order valence-corrected chi connectivity index (χ4v) is 3.93. The lowest BCUT2D eigenvalue weighted by Crippen LogP contribution is -2.43. The minimum absolute atomic E-state index is 0.116. The minimum Gasteiger partial charge on any atom is -0.461 e. The molecule has 1 N–H and O–H groups in total. The molecule has 0 saturated heterocycles. The van der Waals surface area contributed by atoms with E-state index in [1.54, 1.807) is 0 Å². The molecule has 0 aliphatic rings. The summed E-state index contributed by atoms with van der Waals surface area (Å²) in [6, 6.07) is 10.3. The van der Waals surface area contributed by atoms with Crippen LogP contribution in [0.2, 0.25) is 18.1 Å². The summed E-state index contributed by atoms with van der Waals surface area (Å²) >= 11 is 0. The number of benzene rings is 1. The molecule has 1 unspecified atom stereocenters. The molecule has 1 aromatic rings. The first-order valence-electron chi connectivity index (χ1n) is 11.8. The van der Waals surface area contributed by atoms with Crippen molar-refractivity contribution < 1.29 is 14.0 Å². The van der Waals surface area contributed by atoms with Crippen LogP contribution in [0.15, 0.2) is 42.5 Å². The van der Waals surface area contributed by atoms with Crippen LogP contribution >= 0.6 is 0 Å². The normalized spacial score (nSPS) is 13.5. The smallest absolute Gasteiger partial charge is 0.306 e. The quantitative estimate of drug-likeness (QED) is 0.142. The molecular formula is C26H45NO3Si. The SMILES string of the molecule is CC(CCCC=CCCCC(=O)OCc1ccccc1)NCCO[Si](C)(C)C(C)(C)C. The Balaban J connectivity index is 1.99. The maximum absolute atomic E-state index is 11.8. The van der Waals surface area contributed by atoms with Gasteiger partial charge < -0.3 is 14.5 Å². The second-order valence-electron chi connectivity index (χ2n) is 9.90. The summed E-state index contributed by atoms with van der Waals surface area (Å²) in [7, 11) is -1.63. The molecule has 176 valence electrons. The summed E-state index contributed by atoms with van der Waals surface area (Å²) in [4.78, 5) is 11.8. The van der Waals surface area contributed by atoms with Gasteiger partial charge in [-0.25, -0.2) is 0 Å². The van der Waals surface area contributed by atoms with Crippen LogP contribution in [-0.4, -0.2) is 33.5 Å². The number of carbonyl (C=O) groups excluding carboxylic acids is 1. The van der Waals surface area contributed by atoms with Gasteiger partial charge in [0.2, 0.25) is 0 Å². The highest BCUT2D eigenvalue weighted by Gasteiger charge is 2.36. The number of unbranched alkanes of at least 4 members (excludes halogenated alkanes) is 2. The molecule has 0 saturated carbocycles. The predicted molar refractivity (Wildman–Crippen MR) is 134 cm³/mol. The van der Waals surface area contributed by atoms with Crippen LogP contribution in [0.5, 0.6) is 0 Å². The number of allylic oxidation sites excluding steroid dienone is 2. The number of carbonyl (C=O) groups is 1. The minimum atomic E-state index is -1.63. The lowest BCUT2D eigenvalue weighted by Gasteiger charge is -2.36. The number of hydrogen-bond donors (Lipinski definition) is 1. The molecule has 0 radical (unpaired) electrons. The molecule has 5 heteroatoms. The highest BCUT2D eigenvalue weighted by Crippen LogP contribution is 2.36. The Morgan fingerprint density at radius 3 is 2.39 bits per heavy atom. The fourth-order valence-electron chi connectivity index (χ4n) is 2.88. The largest absolute Gasteiger partial charge is 0.461 e. The molecule has 0 fully saturated rings. The fraction of sp³-hybridized carbons (Fsp3) is 0.654. The van der Waals surface area contributed by atoms with E-state index in [4.69, 9.17) is 9.16 Å². The second kappa shape index (κ2) is 14.6. The Morgan fingerprint density at radius 1 is 1.10 bits per heavy atom. The molecule has 1 aromatic carbocycles. The highest BCUT2D eigenvalue weighted by atomic mass is 28.4. The number of esters is 1. The molecule has 0 aliphatic heterocycles. The molecule has 1 atom stereocenters. The molecule has 1 rings (SSSR count). The molecular weight excluding hydrogens is 402 g/mol. The first-order valence-corrected chi connectivity index (χ1v) is 14.7. The van der Waals surface area contributed by atoms with Crippen molar-refractivity contribution in [2.45, 2.75) is 97.0 Å². The maximum Gasteiger partial charge on any atom is 0.306 e. The van der Waals surface area contributed by atoms with E-state index in [1.165, 1.54) is 6.42 Å². The average molecular weight is 448 g/mol. The van der Waals surface area contributed by atoms with Crippen molar-refractivity contribution in [2.75, 3.05) is 13.2 Å². The third-order valence-corrected chi connectivity index (χ3v) is 10.6. The van der Waals surface area contributed by atoms with Crippen molar-refractivity contribution in [1.82, 2.24) is 5.32 Å². The van der Waals surface area contributed by atoms with Gasteiger partial charge in [-0.1, -0.05) is 63.3 Å². The topological polar surface area (TPSA) is 47.6 Å². The van der Waals surface area contributed by atoms with E-state index >= 15 is 0 Å². The number of rotatable bonds is 15. The first-order chi connectivity index (χ1) is 14.6. The van der Waals surface area contributed by atoms with E-state index in [0.29, 0.717) is 19.1 Å². The summed E-state index contributed by atoms with van der Waals surface area (Å²) in [5, 5.41) is 3.85. The molecule has 0 spiro atoms. The van der Waals surface area contributed by atoms with Crippen molar-refractivity contribution in [2.24, 2.45) is 0 Å². The van der Waals surface area contributed by atoms with E-state index < -0.39 is 8.32 Å². The molecule has 31 heavy (non-hydrogen) atoms. The molecule has 0 aliphatic carbocycles. The third kappa shape index (κ3) is 12.9. The average Bonchev–Trinajstić information content (AvgIpc) is 2.71. The standard InChI is InChI=1S/C26H45NO3Si/c1-23(27-20-21-30-31(5,6)26(2,3)4)16-12-9-7-8-10-15-19-25(28)29-22-24-17-13-11-14-18-24/h7-8,11,13-14,17-18,23,27H,9-10,12,15-16,19-22H2,1-6H3. The van der Waals surface area contributed by atoms with E-state index in [1.807, 2.05) is 30.3 Å². The molecule has 0 aromatic heterocycles. The van der Waals surface area contributed by atoms with Gasteiger partial charge in [0.1, 0.15) is 6.61 Å². The zero-order chi connectivity index (χ0) is 23.2. The Kier molecular flexibility index (Phi) is 13.0. The van der Waals surface area contributed by atoms with Gasteiger partial charge in [0.05, 0.1) is 0 Å². The van der Waals surface area contributed by atoms with Gasteiger partial charge in [0.15, 0.2) is 8.32 Å². The summed E-state index contributed by atoms with van der Waals surface area (Å²) in [5.74, 6) is -0.116. The lowest BCUT2D eigenvalue weighted by molar-refractivity contribution is -0.145. The Labute approximate surface area is 191 Å². The van der Waals surface area contributed by atoms with Gasteiger partial charge in [0.25, 0.3) is 0 Å². The lowest BCUT2D eigenvalue weighted by atomic mass is 10.1. The van der Waals surface area contributed by atoms with Crippen LogP contribution in [0.4, 0.5) is 0 Å². The van der Waals surface area contributed by atoms with Crippen LogP contribution in [0, 0.1) is 0 Å². The van der Waals surface area contributed by atoms with Crippen molar-refractivity contribution in [3.63, 3.8) is 0 Å². The van der Waals surface area contributed by atoms with Crippen molar-refractivity contribution in [3.05, 3.63) is 48.0 Å². The van der Waals surface area contributed by atoms with Crippen LogP contribution in [-0.2, 0) is 20.6 Å². The number of nitrogens with one attached hydrogen (secondary N) is 1. The second-order valence-corrected chi connectivity index (χ2v) is 14.7. The van der Waals surface area contributed by atoms with E-state index in [9.17, 15) is 4.79 Å². The summed E-state index contributed by atoms with van der Waals surface area (Å²) < 4.78 is 11.5. The van der Waals surface area contributed by atoms with Gasteiger partial charge in [0, 0.05) is 25.6 Å². The number of hydrogen-bond acceptors (Lipinski definition) is 4. The van der Waals surface area contributed by atoms with Crippen molar-refractivity contribution >= 4 is 14.3 Å². The zero-order valence-electron chi connectivity index (χ0n) is 20.7. The highest BCUT2D eigenvalue weighted by molar-refractivity contribution is 6.74. The van der Waals surface area contributed by atoms with E-state index in [0.717, 1.165) is 44.4 Å². The Bertz CT molecular complexity index is 638. The monoisotopic (exact) mass is 447 g/mol. The van der Waals surface area contributed by atoms with Gasteiger partial charge in [-0.2, -0.15) is 0 Å². The summed E-state index contributed by atoms with van der Waals surface area (Å²) in [5.41, 5.74) is 1.03. The Hall–Kier alpha value is -1.43. The third-order valence-electron chi connectivity index (χ3n) is 6.03. The van der Waals surface area contributed by atoms with Crippen LogP contribution < -0.4 is 5.32 Å². The molecule has 0 heterocycles. The molecule has 4 nitrogen and oxygen atoms in total. The van der Waals surface area contributed by atoms with Gasteiger partial charge in [-0.3, -0.25) is 4.79 Å². The Morgan fingerprint density at radius 2 is 1.74 bits per heavy atom. The van der Waals surface area contributed by atoms with Gasteiger partial charge >= 0.3 is 5.97 Å². The predicted octanol–water partition coefficient (Wildman–Crippen LogP) is 6.63. The maximum atomic E-state index is 11.8. The van der Waals surface area contributed by atoms with Crippen molar-refractivity contribution in [1.29, 1.82) is 0 Å². The van der Waals surface area contributed by atoms with Crippen LogP contribution in [0.3, 0.4) is 0 Å². The van der Waals surface area contributed by atoms with Crippen LogP contribution in [0.1, 0.15) is 71.8 Å². The molecule has 0 bridgehead atoms. The first kappa shape index (κ1) is 27.6. The van der Waals surface area contributed by atoms with Crippen LogP contribution in [0.25, 0.3) is 0 Å². The van der Waals surface area contributed by atoms with E-state index in [-0.39, 0.29) is 11.0 Å². The van der Waals surface area contributed by atoms with E-state index in [2.05, 4.69) is 58.3 Å². The molecule has 0 amide bonds. The zero-order valence-corrected chi connectivity index (χ0v) is 21.7. The summed E-state index contributed by atoms with van der Waals surface area (Å²) in [6.07, 6.45) is 10.1. The summed E-state index contributed by atoms with van der Waals surface area (Å²) in [6.45, 7) is 15.8. The van der Waals surface area contributed by atoms with Gasteiger partial charge in [-0.15, -0.1) is 0 Å².